The monoisotopic (exact) mass is 296 g/mol. The summed E-state index contributed by atoms with van der Waals surface area (Å²) >= 11 is 0. The van der Waals surface area contributed by atoms with E-state index in [4.69, 9.17) is 14.2 Å². The van der Waals surface area contributed by atoms with Gasteiger partial charge in [0.05, 0.1) is 43.9 Å². The Balaban J connectivity index is 1.53. The molecule has 0 aromatic carbocycles. The lowest BCUT2D eigenvalue weighted by molar-refractivity contribution is -0.144. The molecule has 0 bridgehead atoms. The van der Waals surface area contributed by atoms with Crippen LogP contribution in [0, 0.1) is 0 Å². The number of hydrogen-bond donors (Lipinski definition) is 0. The van der Waals surface area contributed by atoms with Crippen molar-refractivity contribution in [3.05, 3.63) is 11.9 Å². The smallest absolute Gasteiger partial charge is 0.248 e. The molecule has 8 nitrogen and oxygen atoms in total. The van der Waals surface area contributed by atoms with Crippen LogP contribution < -0.4 is 0 Å². The molecule has 21 heavy (non-hydrogen) atoms. The number of amides is 1. The molecule has 0 saturated carbocycles. The van der Waals surface area contributed by atoms with E-state index >= 15 is 0 Å². The van der Waals surface area contributed by atoms with Gasteiger partial charge in [-0.2, -0.15) is 0 Å². The van der Waals surface area contributed by atoms with Crippen LogP contribution in [0.3, 0.4) is 0 Å². The van der Waals surface area contributed by atoms with Crippen LogP contribution in [-0.2, 0) is 25.6 Å². The number of rotatable bonds is 5. The molecule has 1 saturated heterocycles. The van der Waals surface area contributed by atoms with Crippen molar-refractivity contribution < 1.29 is 19.0 Å². The molecule has 0 radical (unpaired) electrons. The topological polar surface area (TPSA) is 78.7 Å². The van der Waals surface area contributed by atoms with E-state index in [9.17, 15) is 4.79 Å². The summed E-state index contributed by atoms with van der Waals surface area (Å²) in [6, 6.07) is 0.176. The Labute approximate surface area is 122 Å². The van der Waals surface area contributed by atoms with Crippen LogP contribution in [0.2, 0.25) is 0 Å². The molecule has 1 fully saturated rings. The first kappa shape index (κ1) is 14.4. The third kappa shape index (κ3) is 3.07. The Bertz CT molecular complexity index is 492. The summed E-state index contributed by atoms with van der Waals surface area (Å²) in [5.41, 5.74) is 0.999. The highest BCUT2D eigenvalue weighted by molar-refractivity contribution is 5.77. The highest BCUT2D eigenvalue weighted by Gasteiger charge is 2.37. The van der Waals surface area contributed by atoms with E-state index in [-0.39, 0.29) is 24.7 Å². The molecule has 1 aromatic heterocycles. The van der Waals surface area contributed by atoms with Crippen LogP contribution in [0.5, 0.6) is 0 Å². The van der Waals surface area contributed by atoms with Gasteiger partial charge in [-0.25, -0.2) is 4.68 Å². The zero-order valence-corrected chi connectivity index (χ0v) is 12.1. The van der Waals surface area contributed by atoms with Crippen molar-refractivity contribution in [2.75, 3.05) is 40.0 Å². The molecule has 8 heteroatoms. The average Bonchev–Trinajstić information content (AvgIpc) is 2.99. The van der Waals surface area contributed by atoms with E-state index in [1.807, 2.05) is 4.68 Å². The van der Waals surface area contributed by atoms with E-state index in [1.165, 1.54) is 0 Å². The lowest BCUT2D eigenvalue weighted by atomic mass is 10.00. The predicted molar refractivity (Wildman–Crippen MR) is 71.5 cm³/mol. The second-order valence-corrected chi connectivity index (χ2v) is 5.26. The lowest BCUT2D eigenvalue weighted by Gasteiger charge is -2.40. The highest BCUT2D eigenvalue weighted by Crippen LogP contribution is 2.30. The Morgan fingerprint density at radius 3 is 3.29 bits per heavy atom. The Hall–Kier alpha value is -1.51. The average molecular weight is 296 g/mol. The van der Waals surface area contributed by atoms with Gasteiger partial charge in [-0.15, -0.1) is 5.10 Å². The first-order chi connectivity index (χ1) is 10.3. The van der Waals surface area contributed by atoms with Crippen molar-refractivity contribution in [3.63, 3.8) is 0 Å². The number of nitrogens with zero attached hydrogens (tertiary/aromatic N) is 4. The normalized spacial score (nSPS) is 24.5. The van der Waals surface area contributed by atoms with E-state index in [1.54, 1.807) is 18.2 Å². The maximum Gasteiger partial charge on any atom is 0.248 e. The number of carbonyl (C=O) groups excluding carboxylic acids is 1. The molecule has 1 aromatic rings. The van der Waals surface area contributed by atoms with Gasteiger partial charge in [0.1, 0.15) is 6.61 Å². The first-order valence-electron chi connectivity index (χ1n) is 7.14. The molecule has 3 heterocycles. The van der Waals surface area contributed by atoms with E-state index < -0.39 is 0 Å². The molecule has 2 aliphatic rings. The third-order valence-corrected chi connectivity index (χ3v) is 3.94. The number of methoxy groups -OCH3 is 1. The number of likely N-dealkylation sites (tertiary alicyclic amines) is 1. The van der Waals surface area contributed by atoms with Crippen LogP contribution >= 0.6 is 0 Å². The van der Waals surface area contributed by atoms with Gasteiger partial charge in [-0.3, -0.25) is 4.79 Å². The summed E-state index contributed by atoms with van der Waals surface area (Å²) in [6.45, 7) is 2.79. The molecular weight excluding hydrogens is 276 g/mol. The van der Waals surface area contributed by atoms with Gasteiger partial charge in [0.2, 0.25) is 5.91 Å². The van der Waals surface area contributed by atoms with Crippen LogP contribution in [0.4, 0.5) is 0 Å². The number of piperidine rings is 1. The molecular formula is C13H20N4O4. The Kier molecular flexibility index (Phi) is 4.47. The van der Waals surface area contributed by atoms with Gasteiger partial charge in [-0.05, 0) is 6.42 Å². The summed E-state index contributed by atoms with van der Waals surface area (Å²) in [7, 11) is 1.61. The van der Waals surface area contributed by atoms with Crippen LogP contribution in [0.25, 0.3) is 0 Å². The van der Waals surface area contributed by atoms with Gasteiger partial charge in [0.15, 0.2) is 0 Å². The molecule has 2 atom stereocenters. The zero-order valence-electron chi connectivity index (χ0n) is 12.1. The fourth-order valence-corrected chi connectivity index (χ4v) is 2.81. The summed E-state index contributed by atoms with van der Waals surface area (Å²) in [5.74, 6) is -0.00228. The second kappa shape index (κ2) is 6.50. The summed E-state index contributed by atoms with van der Waals surface area (Å²) in [5, 5.41) is 8.05. The van der Waals surface area contributed by atoms with E-state index in [0.717, 1.165) is 12.1 Å². The third-order valence-electron chi connectivity index (χ3n) is 3.94. The van der Waals surface area contributed by atoms with Crippen LogP contribution in [-0.4, -0.2) is 71.9 Å². The van der Waals surface area contributed by atoms with Gasteiger partial charge < -0.3 is 19.1 Å². The van der Waals surface area contributed by atoms with E-state index in [0.29, 0.717) is 32.9 Å². The highest BCUT2D eigenvalue weighted by atomic mass is 16.5. The standard InChI is InChI=1S/C13H20N4O4/c1-19-4-5-20-9-13(18)16-3-2-11-12(7-16)21-8-10-6-14-15-17(10)11/h6,11-12H,2-5,7-9H2,1H3/t11-,12-/m0/s1. The predicted octanol–water partition coefficient (Wildman–Crippen LogP) is -0.387. The van der Waals surface area contributed by atoms with Gasteiger partial charge in [0, 0.05) is 20.2 Å². The van der Waals surface area contributed by atoms with Crippen molar-refractivity contribution >= 4 is 5.91 Å². The zero-order chi connectivity index (χ0) is 14.7. The summed E-state index contributed by atoms with van der Waals surface area (Å²) < 4.78 is 17.9. The van der Waals surface area contributed by atoms with Gasteiger partial charge >= 0.3 is 0 Å². The molecule has 2 aliphatic heterocycles. The first-order valence-corrected chi connectivity index (χ1v) is 7.14. The molecule has 0 aliphatic carbocycles. The summed E-state index contributed by atoms with van der Waals surface area (Å²) in [6.07, 6.45) is 2.54. The van der Waals surface area contributed by atoms with Crippen molar-refractivity contribution in [2.45, 2.75) is 25.2 Å². The molecule has 0 unspecified atom stereocenters. The fourth-order valence-electron chi connectivity index (χ4n) is 2.81. The molecule has 1 amide bonds. The molecule has 0 spiro atoms. The van der Waals surface area contributed by atoms with Gasteiger partial charge in [-0.1, -0.05) is 5.21 Å². The number of hydrogen-bond acceptors (Lipinski definition) is 6. The van der Waals surface area contributed by atoms with Gasteiger partial charge in [0.25, 0.3) is 0 Å². The maximum atomic E-state index is 12.1. The van der Waals surface area contributed by atoms with Crippen LogP contribution in [0.15, 0.2) is 6.20 Å². The van der Waals surface area contributed by atoms with Crippen molar-refractivity contribution in [3.8, 4) is 0 Å². The largest absolute Gasteiger partial charge is 0.382 e. The Morgan fingerprint density at radius 1 is 1.52 bits per heavy atom. The van der Waals surface area contributed by atoms with E-state index in [2.05, 4.69) is 10.3 Å². The lowest BCUT2D eigenvalue weighted by Crippen LogP contribution is -2.51. The Morgan fingerprint density at radius 2 is 2.43 bits per heavy atom. The van der Waals surface area contributed by atoms with Crippen molar-refractivity contribution in [1.29, 1.82) is 0 Å². The minimum atomic E-state index is -0.0177. The van der Waals surface area contributed by atoms with Crippen LogP contribution in [0.1, 0.15) is 18.2 Å². The maximum absolute atomic E-state index is 12.1. The summed E-state index contributed by atoms with van der Waals surface area (Å²) in [4.78, 5) is 13.9. The number of aromatic nitrogens is 3. The SMILES string of the molecule is COCCOCC(=O)N1CC[C@H]2[C@H](C1)OCc1cnnn12. The fraction of sp³-hybridized carbons (Fsp3) is 0.769. The minimum absolute atomic E-state index is 0.00228. The quantitative estimate of drug-likeness (QED) is 0.689. The second-order valence-electron chi connectivity index (χ2n) is 5.26. The number of ether oxygens (including phenoxy) is 3. The van der Waals surface area contributed by atoms with Crippen molar-refractivity contribution in [2.24, 2.45) is 0 Å². The molecule has 0 N–H and O–H groups in total. The van der Waals surface area contributed by atoms with Crippen molar-refractivity contribution in [1.82, 2.24) is 19.9 Å². The molecule has 116 valence electrons. The number of carbonyl (C=O) groups is 1. The minimum Gasteiger partial charge on any atom is -0.382 e. The number of fused-ring (bicyclic) bond motifs is 3. The molecule has 3 rings (SSSR count).